The molecule has 1 heterocycles. The Morgan fingerprint density at radius 3 is 2.19 bits per heavy atom. The fourth-order valence-electron chi connectivity index (χ4n) is 3.48. The van der Waals surface area contributed by atoms with Crippen molar-refractivity contribution in [1.82, 2.24) is 0 Å². The van der Waals surface area contributed by atoms with Crippen LogP contribution in [0.3, 0.4) is 0 Å². The second kappa shape index (κ2) is 9.84. The molecular weight excluding hydrogens is 415 g/mol. The maximum absolute atomic E-state index is 13.8. The lowest BCUT2D eigenvalue weighted by molar-refractivity contribution is 0.199. The summed E-state index contributed by atoms with van der Waals surface area (Å²) in [5.74, 6) is -0.0759. The van der Waals surface area contributed by atoms with E-state index in [1.807, 2.05) is 42.5 Å². The van der Waals surface area contributed by atoms with E-state index >= 15 is 0 Å². The van der Waals surface area contributed by atoms with Gasteiger partial charge in [0.25, 0.3) is 0 Å². The number of nitrogens with zero attached hydrogens (tertiary/aromatic N) is 1. The molecule has 0 saturated carbocycles. The van der Waals surface area contributed by atoms with Gasteiger partial charge >= 0.3 is 7.60 Å². The van der Waals surface area contributed by atoms with Gasteiger partial charge in [-0.05, 0) is 37.1 Å². The Kier molecular flexibility index (Phi) is 7.19. The summed E-state index contributed by atoms with van der Waals surface area (Å²) in [6.07, 6.45) is 0. The fourth-order valence-corrected chi connectivity index (χ4v) is 5.23. The lowest BCUT2D eigenvalue weighted by atomic mass is 9.81. The molecule has 3 rings (SSSR count). The second-order valence-corrected chi connectivity index (χ2v) is 8.53. The molecule has 0 saturated heterocycles. The van der Waals surface area contributed by atoms with Crippen molar-refractivity contribution >= 4 is 13.2 Å². The van der Waals surface area contributed by atoms with Gasteiger partial charge in [0, 0.05) is 5.57 Å². The Labute approximate surface area is 182 Å². The molecule has 1 unspecified atom stereocenters. The minimum absolute atomic E-state index is 0.00767. The van der Waals surface area contributed by atoms with Crippen LogP contribution in [0.5, 0.6) is 5.75 Å². The minimum atomic E-state index is -3.86. The van der Waals surface area contributed by atoms with Gasteiger partial charge in [0.15, 0.2) is 0 Å². The number of hydrogen-bond acceptors (Lipinski definition) is 7. The highest BCUT2D eigenvalue weighted by molar-refractivity contribution is 7.58. The summed E-state index contributed by atoms with van der Waals surface area (Å²) >= 11 is 0. The van der Waals surface area contributed by atoms with Crippen LogP contribution in [0.1, 0.15) is 30.9 Å². The third kappa shape index (κ3) is 4.52. The lowest BCUT2D eigenvalue weighted by Crippen LogP contribution is -2.21. The molecule has 7 nitrogen and oxygen atoms in total. The van der Waals surface area contributed by atoms with E-state index in [1.54, 1.807) is 33.1 Å². The number of methoxy groups -OCH3 is 1. The van der Waals surface area contributed by atoms with Gasteiger partial charge < -0.3 is 24.3 Å². The Balaban J connectivity index is 2.34. The predicted octanol–water partition coefficient (Wildman–Crippen LogP) is 5.14. The van der Waals surface area contributed by atoms with Gasteiger partial charge in [-0.2, -0.15) is 5.26 Å². The first-order valence-corrected chi connectivity index (χ1v) is 11.4. The summed E-state index contributed by atoms with van der Waals surface area (Å²) in [5, 5.41) is 9.89. The van der Waals surface area contributed by atoms with Crippen molar-refractivity contribution < 1.29 is 23.1 Å². The Morgan fingerprint density at radius 1 is 1.06 bits per heavy atom. The van der Waals surface area contributed by atoms with Crippen molar-refractivity contribution in [2.45, 2.75) is 19.8 Å². The van der Waals surface area contributed by atoms with Gasteiger partial charge in [-0.15, -0.1) is 0 Å². The highest BCUT2D eigenvalue weighted by Crippen LogP contribution is 2.63. The number of nitriles is 1. The Bertz CT molecular complexity index is 1060. The molecule has 2 aromatic rings. The molecule has 0 aliphatic carbocycles. The van der Waals surface area contributed by atoms with Crippen LogP contribution in [-0.2, 0) is 18.3 Å². The van der Waals surface area contributed by atoms with Crippen molar-refractivity contribution in [3.05, 3.63) is 82.7 Å². The molecule has 0 aromatic heterocycles. The van der Waals surface area contributed by atoms with Crippen LogP contribution in [-0.4, -0.2) is 20.3 Å². The number of rotatable bonds is 8. The highest BCUT2D eigenvalue weighted by Gasteiger charge is 2.43. The number of ether oxygens (including phenoxy) is 2. The SMILES string of the molecule is CCOP(=O)(OCC)C1=C(c2ccc(OC)cc2)C(c2ccccc2)C(C#N)=C(N)O1. The van der Waals surface area contributed by atoms with Crippen molar-refractivity contribution in [3.8, 4) is 11.8 Å². The summed E-state index contributed by atoms with van der Waals surface area (Å²) in [5.41, 5.74) is 8.33. The molecule has 0 amide bonds. The molecule has 0 fully saturated rings. The molecule has 1 aliphatic rings. The third-order valence-corrected chi connectivity index (χ3v) is 6.81. The molecule has 2 N–H and O–H groups in total. The van der Waals surface area contributed by atoms with Crippen LogP contribution in [0.2, 0.25) is 0 Å². The highest BCUT2D eigenvalue weighted by atomic mass is 31.2. The van der Waals surface area contributed by atoms with Crippen molar-refractivity contribution in [2.24, 2.45) is 5.73 Å². The van der Waals surface area contributed by atoms with E-state index in [0.29, 0.717) is 16.9 Å². The van der Waals surface area contributed by atoms with Gasteiger partial charge in [-0.25, -0.2) is 0 Å². The van der Waals surface area contributed by atoms with Crippen LogP contribution >= 0.6 is 7.60 Å². The fraction of sp³-hybridized carbons (Fsp3) is 0.261. The zero-order chi connectivity index (χ0) is 22.4. The van der Waals surface area contributed by atoms with E-state index < -0.39 is 13.5 Å². The number of nitrogens with two attached hydrogens (primary N) is 1. The first kappa shape index (κ1) is 22.6. The van der Waals surface area contributed by atoms with Gasteiger partial charge in [0.2, 0.25) is 11.4 Å². The maximum Gasteiger partial charge on any atom is 0.396 e. The number of benzene rings is 2. The summed E-state index contributed by atoms with van der Waals surface area (Å²) in [4.78, 5) is 0. The summed E-state index contributed by atoms with van der Waals surface area (Å²) in [6, 6.07) is 18.7. The van der Waals surface area contributed by atoms with Gasteiger partial charge in [-0.1, -0.05) is 42.5 Å². The van der Waals surface area contributed by atoms with Crippen molar-refractivity contribution in [3.63, 3.8) is 0 Å². The van der Waals surface area contributed by atoms with Crippen LogP contribution in [0, 0.1) is 11.3 Å². The Hall–Kier alpha value is -3.04. The minimum Gasteiger partial charge on any atom is -0.497 e. The molecule has 31 heavy (non-hydrogen) atoms. The molecule has 8 heteroatoms. The van der Waals surface area contributed by atoms with Gasteiger partial charge in [0.05, 0.1) is 26.2 Å². The molecule has 0 spiro atoms. The molecule has 2 aromatic carbocycles. The quantitative estimate of drug-likeness (QED) is 0.567. The van der Waals surface area contributed by atoms with Crippen molar-refractivity contribution in [1.29, 1.82) is 5.26 Å². The van der Waals surface area contributed by atoms with E-state index in [2.05, 4.69) is 6.07 Å². The summed E-state index contributed by atoms with van der Waals surface area (Å²) in [6.45, 7) is 3.73. The van der Waals surface area contributed by atoms with E-state index in [1.165, 1.54) is 0 Å². The Morgan fingerprint density at radius 2 is 1.68 bits per heavy atom. The average molecular weight is 440 g/mol. The smallest absolute Gasteiger partial charge is 0.396 e. The van der Waals surface area contributed by atoms with Crippen LogP contribution in [0.25, 0.3) is 5.57 Å². The van der Waals surface area contributed by atoms with Gasteiger partial charge in [0.1, 0.15) is 17.4 Å². The zero-order valence-electron chi connectivity index (χ0n) is 17.7. The first-order chi connectivity index (χ1) is 15.0. The molecule has 0 bridgehead atoms. The maximum atomic E-state index is 13.8. The van der Waals surface area contributed by atoms with E-state index in [4.69, 9.17) is 24.3 Å². The molecule has 1 aliphatic heterocycles. The molecule has 1 atom stereocenters. The van der Waals surface area contributed by atoms with Gasteiger partial charge in [-0.3, -0.25) is 4.57 Å². The largest absolute Gasteiger partial charge is 0.497 e. The third-order valence-electron chi connectivity index (χ3n) is 4.78. The van der Waals surface area contributed by atoms with Crippen LogP contribution < -0.4 is 10.5 Å². The standard InChI is InChI=1S/C23H25N2O5P/c1-4-28-31(26,29-5-2)23-21(17-11-13-18(27-3)14-12-17)20(16-9-7-6-8-10-16)19(15-24)22(25)30-23/h6-14,20H,4-5,25H2,1-3H3. The molecule has 0 radical (unpaired) electrons. The normalized spacial score (nSPS) is 16.6. The van der Waals surface area contributed by atoms with Crippen LogP contribution in [0.15, 0.2) is 71.6 Å². The first-order valence-electron chi connectivity index (χ1n) is 9.89. The predicted molar refractivity (Wildman–Crippen MR) is 118 cm³/mol. The average Bonchev–Trinajstić information content (AvgIpc) is 2.79. The number of hydrogen-bond donors (Lipinski definition) is 1. The van der Waals surface area contributed by atoms with E-state index in [-0.39, 0.29) is 30.2 Å². The summed E-state index contributed by atoms with van der Waals surface area (Å²) in [7, 11) is -2.29. The van der Waals surface area contributed by atoms with Crippen molar-refractivity contribution in [2.75, 3.05) is 20.3 Å². The van der Waals surface area contributed by atoms with E-state index in [0.717, 1.165) is 5.56 Å². The topological polar surface area (TPSA) is 104 Å². The lowest BCUT2D eigenvalue weighted by Gasteiger charge is -2.32. The summed E-state index contributed by atoms with van der Waals surface area (Å²) < 4.78 is 36.0. The molecule has 162 valence electrons. The zero-order valence-corrected chi connectivity index (χ0v) is 18.6. The molecular formula is C23H25N2O5P. The monoisotopic (exact) mass is 440 g/mol. The second-order valence-electron chi connectivity index (χ2n) is 6.62. The van der Waals surface area contributed by atoms with Crippen LogP contribution in [0.4, 0.5) is 0 Å². The van der Waals surface area contributed by atoms with E-state index in [9.17, 15) is 9.83 Å². The number of allylic oxidation sites excluding steroid dienone is 2.